The number of nitrogens with one attached hydrogen (secondary N) is 1. The van der Waals surface area contributed by atoms with E-state index in [9.17, 15) is 10.1 Å². The number of ketones is 1. The van der Waals surface area contributed by atoms with Gasteiger partial charge in [0, 0.05) is 22.7 Å². The number of allylic oxidation sites excluding steroid dienone is 1. The fourth-order valence-electron chi connectivity index (χ4n) is 3.60. The molecule has 0 aliphatic heterocycles. The van der Waals surface area contributed by atoms with Crippen LogP contribution < -0.4 is 5.32 Å². The van der Waals surface area contributed by atoms with E-state index in [1.54, 1.807) is 17.5 Å². The summed E-state index contributed by atoms with van der Waals surface area (Å²) in [6, 6.07) is 16.1. The Bertz CT molecular complexity index is 1090. The summed E-state index contributed by atoms with van der Waals surface area (Å²) >= 11 is 1.64. The lowest BCUT2D eigenvalue weighted by Crippen LogP contribution is -2.09. The number of carbonyl (C=O) groups is 1. The first-order valence-electron chi connectivity index (χ1n) is 9.16. The smallest absolute Gasteiger partial charge is 0.187 e. The van der Waals surface area contributed by atoms with Crippen molar-refractivity contribution in [1.82, 2.24) is 0 Å². The van der Waals surface area contributed by atoms with Crippen molar-refractivity contribution in [1.29, 1.82) is 5.26 Å². The Morgan fingerprint density at radius 2 is 2.07 bits per heavy atom. The van der Waals surface area contributed by atoms with E-state index >= 15 is 0 Å². The van der Waals surface area contributed by atoms with E-state index in [4.69, 9.17) is 0 Å². The van der Waals surface area contributed by atoms with Gasteiger partial charge in [0.2, 0.25) is 0 Å². The van der Waals surface area contributed by atoms with Crippen molar-refractivity contribution in [2.24, 2.45) is 5.92 Å². The number of nitrogens with zero attached hydrogens (tertiary/aromatic N) is 1. The zero-order valence-corrected chi connectivity index (χ0v) is 16.0. The number of fused-ring (bicyclic) bond motifs is 2. The molecule has 1 aromatic heterocycles. The molecule has 0 radical (unpaired) electrons. The lowest BCUT2D eigenvalue weighted by molar-refractivity contribution is 0.104. The van der Waals surface area contributed by atoms with Crippen molar-refractivity contribution in [2.75, 3.05) is 5.32 Å². The predicted molar refractivity (Wildman–Crippen MR) is 111 cm³/mol. The average Bonchev–Trinajstić information content (AvgIpc) is 3.03. The predicted octanol–water partition coefficient (Wildman–Crippen LogP) is 5.71. The number of carbonyl (C=O) groups excluding carboxylic acids is 1. The Morgan fingerprint density at radius 1 is 1.26 bits per heavy atom. The zero-order valence-electron chi connectivity index (χ0n) is 15.2. The second kappa shape index (κ2) is 7.38. The van der Waals surface area contributed by atoms with Gasteiger partial charge < -0.3 is 5.32 Å². The molecule has 0 unspecified atom stereocenters. The summed E-state index contributed by atoms with van der Waals surface area (Å²) in [7, 11) is 0. The number of benzene rings is 2. The monoisotopic (exact) mass is 372 g/mol. The maximum absolute atomic E-state index is 12.5. The second-order valence-electron chi connectivity index (χ2n) is 7.07. The van der Waals surface area contributed by atoms with E-state index in [0.717, 1.165) is 40.6 Å². The van der Waals surface area contributed by atoms with E-state index in [1.165, 1.54) is 16.5 Å². The van der Waals surface area contributed by atoms with Crippen LogP contribution in [0.4, 0.5) is 5.00 Å². The first kappa shape index (κ1) is 17.5. The molecule has 0 saturated carbocycles. The first-order valence-corrected chi connectivity index (χ1v) is 9.98. The molecule has 1 heterocycles. The highest BCUT2D eigenvalue weighted by Gasteiger charge is 2.23. The fraction of sp³-hybridized carbons (Fsp3) is 0.217. The molecule has 3 nitrogen and oxygen atoms in total. The average molecular weight is 372 g/mol. The van der Waals surface area contributed by atoms with Gasteiger partial charge in [-0.1, -0.05) is 43.3 Å². The summed E-state index contributed by atoms with van der Waals surface area (Å²) in [5.41, 5.74) is 2.59. The van der Waals surface area contributed by atoms with Crippen LogP contribution in [0.3, 0.4) is 0 Å². The van der Waals surface area contributed by atoms with E-state index in [-0.39, 0.29) is 5.78 Å². The molecule has 2 aromatic carbocycles. The van der Waals surface area contributed by atoms with Crippen LogP contribution >= 0.6 is 11.3 Å². The standard InChI is InChI=1S/C23H20N2OS/c1-15-6-9-19-20(14-24)23(27-22(19)12-15)25-11-10-21(26)18-8-7-16-4-2-3-5-17(16)13-18/h2-5,7-8,10-11,13,15,25H,6,9,12H2,1H3/b11-10+/t15-/m1/s1. The van der Waals surface area contributed by atoms with Crippen LogP contribution in [0.2, 0.25) is 0 Å². The van der Waals surface area contributed by atoms with Crippen molar-refractivity contribution >= 4 is 32.9 Å². The fourth-order valence-corrected chi connectivity index (χ4v) is 4.94. The van der Waals surface area contributed by atoms with Gasteiger partial charge in [-0.15, -0.1) is 11.3 Å². The van der Waals surface area contributed by atoms with E-state index < -0.39 is 0 Å². The number of rotatable bonds is 4. The number of nitriles is 1. The first-order chi connectivity index (χ1) is 13.2. The van der Waals surface area contributed by atoms with Gasteiger partial charge in [0.25, 0.3) is 0 Å². The third-order valence-corrected chi connectivity index (χ3v) is 6.29. The number of hydrogen-bond acceptors (Lipinski definition) is 4. The normalized spacial score (nSPS) is 16.2. The molecule has 0 amide bonds. The molecule has 0 spiro atoms. The Labute approximate surface area is 163 Å². The minimum absolute atomic E-state index is 0.0540. The summed E-state index contributed by atoms with van der Waals surface area (Å²) < 4.78 is 0. The van der Waals surface area contributed by atoms with Gasteiger partial charge in [-0.2, -0.15) is 5.26 Å². The molecular weight excluding hydrogens is 352 g/mol. The minimum Gasteiger partial charge on any atom is -0.352 e. The van der Waals surface area contributed by atoms with Gasteiger partial charge in [-0.25, -0.2) is 0 Å². The summed E-state index contributed by atoms with van der Waals surface area (Å²) in [5, 5.41) is 15.7. The van der Waals surface area contributed by atoms with Crippen molar-refractivity contribution in [3.63, 3.8) is 0 Å². The van der Waals surface area contributed by atoms with Gasteiger partial charge in [0.15, 0.2) is 5.78 Å². The maximum Gasteiger partial charge on any atom is 0.187 e. The molecule has 0 fully saturated rings. The SMILES string of the molecule is C[C@@H]1CCc2c(sc(N/C=C/C(=O)c3ccc4ccccc4c3)c2C#N)C1. The molecule has 4 rings (SSSR count). The molecule has 27 heavy (non-hydrogen) atoms. The quantitative estimate of drug-likeness (QED) is 0.472. The number of anilines is 1. The summed E-state index contributed by atoms with van der Waals surface area (Å²) in [6.45, 7) is 2.25. The Morgan fingerprint density at radius 3 is 2.89 bits per heavy atom. The molecule has 1 atom stereocenters. The lowest BCUT2D eigenvalue weighted by atomic mass is 9.89. The van der Waals surface area contributed by atoms with Gasteiger partial charge in [-0.3, -0.25) is 4.79 Å². The molecule has 4 heteroatoms. The van der Waals surface area contributed by atoms with Crippen molar-refractivity contribution in [3.05, 3.63) is 76.3 Å². The minimum atomic E-state index is -0.0540. The van der Waals surface area contributed by atoms with Gasteiger partial charge in [0.05, 0.1) is 5.56 Å². The van der Waals surface area contributed by atoms with E-state index in [1.807, 2.05) is 42.5 Å². The molecular formula is C23H20N2OS. The van der Waals surface area contributed by atoms with Crippen LogP contribution in [0.15, 0.2) is 54.7 Å². The molecule has 1 N–H and O–H groups in total. The second-order valence-corrected chi connectivity index (χ2v) is 8.18. The van der Waals surface area contributed by atoms with Crippen LogP contribution in [0, 0.1) is 17.2 Å². The van der Waals surface area contributed by atoms with Gasteiger partial charge >= 0.3 is 0 Å². The summed E-state index contributed by atoms with van der Waals surface area (Å²) in [6.07, 6.45) is 6.33. The van der Waals surface area contributed by atoms with Crippen molar-refractivity contribution < 1.29 is 4.79 Å². The van der Waals surface area contributed by atoms with E-state index in [2.05, 4.69) is 18.3 Å². The molecule has 134 valence electrons. The van der Waals surface area contributed by atoms with Crippen LogP contribution in [-0.2, 0) is 12.8 Å². The highest BCUT2D eigenvalue weighted by molar-refractivity contribution is 7.16. The zero-order chi connectivity index (χ0) is 18.8. The third kappa shape index (κ3) is 3.51. The molecule has 1 aliphatic carbocycles. The summed E-state index contributed by atoms with van der Waals surface area (Å²) in [5.74, 6) is 0.613. The Hall–Kier alpha value is -2.90. The van der Waals surface area contributed by atoms with Crippen LogP contribution in [0.1, 0.15) is 39.7 Å². The van der Waals surface area contributed by atoms with Crippen molar-refractivity contribution in [2.45, 2.75) is 26.2 Å². The molecule has 3 aromatic rings. The molecule has 1 aliphatic rings. The van der Waals surface area contributed by atoms with Crippen LogP contribution in [0.5, 0.6) is 0 Å². The summed E-state index contributed by atoms with van der Waals surface area (Å²) in [4.78, 5) is 13.8. The third-order valence-electron chi connectivity index (χ3n) is 5.11. The molecule has 0 bridgehead atoms. The number of hydrogen-bond donors (Lipinski definition) is 1. The van der Waals surface area contributed by atoms with E-state index in [0.29, 0.717) is 11.5 Å². The molecule has 0 saturated heterocycles. The van der Waals surface area contributed by atoms with Crippen molar-refractivity contribution in [3.8, 4) is 6.07 Å². The Kier molecular flexibility index (Phi) is 4.79. The highest BCUT2D eigenvalue weighted by atomic mass is 32.1. The van der Waals surface area contributed by atoms with Crippen LogP contribution in [0.25, 0.3) is 10.8 Å². The lowest BCUT2D eigenvalue weighted by Gasteiger charge is -2.17. The maximum atomic E-state index is 12.5. The van der Waals surface area contributed by atoms with Crippen LogP contribution in [-0.4, -0.2) is 5.78 Å². The largest absolute Gasteiger partial charge is 0.352 e. The Balaban J connectivity index is 1.52. The highest BCUT2D eigenvalue weighted by Crippen LogP contribution is 2.39. The van der Waals surface area contributed by atoms with Gasteiger partial charge in [-0.05, 0) is 47.6 Å². The number of thiophene rings is 1. The topological polar surface area (TPSA) is 52.9 Å². The van der Waals surface area contributed by atoms with Gasteiger partial charge in [0.1, 0.15) is 11.1 Å².